The monoisotopic (exact) mass is 450 g/mol. The van der Waals surface area contributed by atoms with Gasteiger partial charge in [0.1, 0.15) is 23.0 Å². The number of hydrogen-bond acceptors (Lipinski definition) is 3. The lowest BCUT2D eigenvalue weighted by molar-refractivity contribution is -0.173. The van der Waals surface area contributed by atoms with Gasteiger partial charge < -0.3 is 10.6 Å². The zero-order chi connectivity index (χ0) is 23.0. The van der Waals surface area contributed by atoms with Crippen LogP contribution in [0.3, 0.4) is 0 Å². The molecule has 2 N–H and O–H groups in total. The minimum absolute atomic E-state index is 0.0629. The number of carbonyl (C=O) groups is 1. The molecule has 0 spiro atoms. The molecule has 3 aromatic rings. The lowest BCUT2D eigenvalue weighted by atomic mass is 9.96. The number of benzene rings is 2. The summed E-state index contributed by atoms with van der Waals surface area (Å²) in [5.74, 6) is -2.37. The van der Waals surface area contributed by atoms with E-state index >= 15 is 0 Å². The zero-order valence-electron chi connectivity index (χ0n) is 16.9. The topological polar surface area (TPSA) is 59.0 Å². The van der Waals surface area contributed by atoms with Crippen molar-refractivity contribution in [3.63, 3.8) is 0 Å². The van der Waals surface area contributed by atoms with Crippen LogP contribution in [0.15, 0.2) is 48.7 Å². The summed E-state index contributed by atoms with van der Waals surface area (Å²) in [6.45, 7) is 1.67. The van der Waals surface area contributed by atoms with E-state index in [1.807, 2.05) is 6.92 Å². The molecule has 0 saturated carbocycles. The van der Waals surface area contributed by atoms with Crippen LogP contribution in [0.4, 0.5) is 27.8 Å². The number of amides is 1. The molecule has 0 aliphatic carbocycles. The molecular weight excluding hydrogens is 431 g/mol. The van der Waals surface area contributed by atoms with Crippen LogP contribution in [0.2, 0.25) is 0 Å². The van der Waals surface area contributed by atoms with Crippen molar-refractivity contribution in [3.05, 3.63) is 82.5 Å². The van der Waals surface area contributed by atoms with E-state index in [0.717, 1.165) is 28.6 Å². The summed E-state index contributed by atoms with van der Waals surface area (Å²) in [7, 11) is 0. The predicted octanol–water partition coefficient (Wildman–Crippen LogP) is 5.06. The Balaban J connectivity index is 1.61. The van der Waals surface area contributed by atoms with Crippen LogP contribution < -0.4 is 10.6 Å². The molecule has 1 aromatic heterocycles. The van der Waals surface area contributed by atoms with Crippen molar-refractivity contribution in [1.82, 2.24) is 15.1 Å². The highest BCUT2D eigenvalue weighted by molar-refractivity contribution is 5.98. The van der Waals surface area contributed by atoms with Gasteiger partial charge in [-0.25, -0.2) is 13.5 Å². The predicted molar refractivity (Wildman–Crippen MR) is 107 cm³/mol. The van der Waals surface area contributed by atoms with Crippen LogP contribution in [-0.4, -0.2) is 21.9 Å². The number of carbonyl (C=O) groups excluding carboxylic acids is 1. The highest BCUT2D eigenvalue weighted by atomic mass is 19.4. The standard InChI is InChI=1S/C22H19F5N4O/c1-12-2-4-14(5-3-12)18-9-19(22(25,26)27)31-20(30-18)17(11-29-31)21(32)28-10-13-6-15(23)8-16(24)7-13/h2-8,11,18-19,30H,9-10H2,1H3,(H,28,32). The fourth-order valence-electron chi connectivity index (χ4n) is 3.74. The lowest BCUT2D eigenvalue weighted by Gasteiger charge is -2.34. The second-order valence-electron chi connectivity index (χ2n) is 7.71. The quantitative estimate of drug-likeness (QED) is 0.547. The highest BCUT2D eigenvalue weighted by Crippen LogP contribution is 2.44. The summed E-state index contributed by atoms with van der Waals surface area (Å²) in [4.78, 5) is 12.7. The molecule has 1 aliphatic heterocycles. The van der Waals surface area contributed by atoms with Crippen LogP contribution in [0.1, 0.15) is 45.6 Å². The van der Waals surface area contributed by atoms with E-state index in [4.69, 9.17) is 0 Å². The summed E-state index contributed by atoms with van der Waals surface area (Å²) in [5.41, 5.74) is 1.71. The summed E-state index contributed by atoms with van der Waals surface area (Å²) in [5, 5.41) is 9.28. The molecule has 0 saturated heterocycles. The summed E-state index contributed by atoms with van der Waals surface area (Å²) in [6, 6.07) is 7.30. The van der Waals surface area contributed by atoms with Crippen LogP contribution >= 0.6 is 0 Å². The Morgan fingerprint density at radius 3 is 2.44 bits per heavy atom. The van der Waals surface area contributed by atoms with Crippen LogP contribution in [0, 0.1) is 18.6 Å². The van der Waals surface area contributed by atoms with Crippen LogP contribution in [0.25, 0.3) is 0 Å². The average molecular weight is 450 g/mol. The second kappa shape index (κ2) is 8.25. The van der Waals surface area contributed by atoms with Gasteiger partial charge in [0.2, 0.25) is 0 Å². The number of nitrogens with one attached hydrogen (secondary N) is 2. The molecule has 2 atom stereocenters. The maximum absolute atomic E-state index is 13.8. The minimum atomic E-state index is -4.57. The van der Waals surface area contributed by atoms with Crippen molar-refractivity contribution >= 4 is 11.7 Å². The van der Waals surface area contributed by atoms with Gasteiger partial charge in [0, 0.05) is 19.0 Å². The zero-order valence-corrected chi connectivity index (χ0v) is 16.9. The van der Waals surface area contributed by atoms with E-state index in [9.17, 15) is 26.7 Å². The molecule has 4 rings (SSSR count). The van der Waals surface area contributed by atoms with Gasteiger partial charge in [0.15, 0.2) is 6.04 Å². The lowest BCUT2D eigenvalue weighted by Crippen LogP contribution is -2.36. The molecule has 1 aliphatic rings. The number of nitrogens with zero attached hydrogens (tertiary/aromatic N) is 2. The Bertz CT molecular complexity index is 1120. The Hall–Kier alpha value is -3.43. The Morgan fingerprint density at radius 1 is 1.16 bits per heavy atom. The first-order valence-electron chi connectivity index (χ1n) is 9.82. The third-order valence-electron chi connectivity index (χ3n) is 5.34. The minimum Gasteiger partial charge on any atom is -0.363 e. The number of anilines is 1. The number of aromatic nitrogens is 2. The summed E-state index contributed by atoms with van der Waals surface area (Å²) < 4.78 is 68.8. The number of hydrogen-bond donors (Lipinski definition) is 2. The molecule has 0 radical (unpaired) electrons. The van der Waals surface area contributed by atoms with E-state index in [-0.39, 0.29) is 29.9 Å². The van der Waals surface area contributed by atoms with Crippen LogP contribution in [0.5, 0.6) is 0 Å². The molecule has 32 heavy (non-hydrogen) atoms. The molecule has 0 bridgehead atoms. The maximum Gasteiger partial charge on any atom is 0.410 e. The van der Waals surface area contributed by atoms with Gasteiger partial charge in [-0.15, -0.1) is 0 Å². The first-order chi connectivity index (χ1) is 15.1. The number of alkyl halides is 3. The molecule has 2 heterocycles. The van der Waals surface area contributed by atoms with E-state index in [1.165, 1.54) is 0 Å². The number of fused-ring (bicyclic) bond motifs is 1. The summed E-state index contributed by atoms with van der Waals surface area (Å²) in [6.07, 6.45) is -3.80. The second-order valence-corrected chi connectivity index (χ2v) is 7.71. The SMILES string of the molecule is Cc1ccc(C2CC(C(F)(F)F)n3ncc(C(=O)NCc4cc(F)cc(F)c4)c3N2)cc1. The summed E-state index contributed by atoms with van der Waals surface area (Å²) >= 11 is 0. The van der Waals surface area contributed by atoms with Gasteiger partial charge in [0.05, 0.1) is 12.2 Å². The van der Waals surface area contributed by atoms with E-state index in [1.54, 1.807) is 24.3 Å². The fourth-order valence-corrected chi connectivity index (χ4v) is 3.74. The van der Waals surface area contributed by atoms with E-state index in [0.29, 0.717) is 11.6 Å². The van der Waals surface area contributed by atoms with Crippen molar-refractivity contribution < 1.29 is 26.7 Å². The maximum atomic E-state index is 13.8. The van der Waals surface area contributed by atoms with Crippen LogP contribution in [-0.2, 0) is 6.54 Å². The number of rotatable bonds is 4. The number of aryl methyl sites for hydroxylation is 1. The molecular formula is C22H19F5N4O. The Morgan fingerprint density at radius 2 is 1.81 bits per heavy atom. The molecule has 0 fully saturated rings. The Kier molecular flexibility index (Phi) is 5.62. The van der Waals surface area contributed by atoms with E-state index < -0.39 is 35.8 Å². The van der Waals surface area contributed by atoms with Crippen molar-refractivity contribution in [2.45, 2.75) is 38.1 Å². The third kappa shape index (κ3) is 4.44. The number of halogens is 5. The molecule has 5 nitrogen and oxygen atoms in total. The Labute approximate surface area is 180 Å². The normalized spacial score (nSPS) is 18.1. The smallest absolute Gasteiger partial charge is 0.363 e. The molecule has 168 valence electrons. The van der Waals surface area contributed by atoms with Gasteiger partial charge in [-0.3, -0.25) is 4.79 Å². The third-order valence-corrected chi connectivity index (χ3v) is 5.34. The van der Waals surface area contributed by atoms with Crippen molar-refractivity contribution in [2.75, 3.05) is 5.32 Å². The van der Waals surface area contributed by atoms with Gasteiger partial charge in [0.25, 0.3) is 5.91 Å². The van der Waals surface area contributed by atoms with Crippen molar-refractivity contribution in [1.29, 1.82) is 0 Å². The first-order valence-corrected chi connectivity index (χ1v) is 9.82. The van der Waals surface area contributed by atoms with Gasteiger partial charge >= 0.3 is 6.18 Å². The van der Waals surface area contributed by atoms with Gasteiger partial charge in [-0.05, 0) is 30.2 Å². The van der Waals surface area contributed by atoms with E-state index in [2.05, 4.69) is 15.7 Å². The van der Waals surface area contributed by atoms with Gasteiger partial charge in [-0.2, -0.15) is 18.3 Å². The van der Waals surface area contributed by atoms with Gasteiger partial charge in [-0.1, -0.05) is 29.8 Å². The molecule has 10 heteroatoms. The fraction of sp³-hybridized carbons (Fsp3) is 0.273. The largest absolute Gasteiger partial charge is 0.410 e. The first kappa shape index (κ1) is 21.8. The molecule has 1 amide bonds. The van der Waals surface area contributed by atoms with Crippen molar-refractivity contribution in [2.24, 2.45) is 0 Å². The molecule has 2 aromatic carbocycles. The van der Waals surface area contributed by atoms with Crippen molar-refractivity contribution in [3.8, 4) is 0 Å². The average Bonchev–Trinajstić information content (AvgIpc) is 3.14. The molecule has 2 unspecified atom stereocenters. The highest BCUT2D eigenvalue weighted by Gasteiger charge is 2.47.